The van der Waals surface area contributed by atoms with Gasteiger partial charge < -0.3 is 16.2 Å². The van der Waals surface area contributed by atoms with Crippen LogP contribution in [0.2, 0.25) is 0 Å². The number of hydrogen-bond acceptors (Lipinski definition) is 6. The number of para-hydroxylation sites is 1. The van der Waals surface area contributed by atoms with Crippen LogP contribution in [0.3, 0.4) is 0 Å². The van der Waals surface area contributed by atoms with Gasteiger partial charge in [0.2, 0.25) is 5.95 Å². The average Bonchev–Trinajstić information content (AvgIpc) is 2.60. The van der Waals surface area contributed by atoms with E-state index in [2.05, 4.69) is 16.0 Å². The fourth-order valence-electron chi connectivity index (χ4n) is 2.55. The number of aryl methyl sites for hydroxylation is 1. The maximum Gasteiger partial charge on any atom is 0.222 e. The lowest BCUT2D eigenvalue weighted by Gasteiger charge is -2.13. The molecular weight excluding hydrogens is 314 g/mol. The number of anilines is 2. The molecule has 2 aromatic carbocycles. The van der Waals surface area contributed by atoms with Crippen molar-refractivity contribution in [3.8, 4) is 23.1 Å². The van der Waals surface area contributed by atoms with Gasteiger partial charge in [-0.25, -0.2) is 4.98 Å². The number of nitriles is 1. The highest BCUT2D eigenvalue weighted by Crippen LogP contribution is 2.33. The molecule has 3 aromatic rings. The number of aromatic nitrogens is 2. The summed E-state index contributed by atoms with van der Waals surface area (Å²) in [5.41, 5.74) is 14.9. The number of benzene rings is 2. The molecule has 0 bridgehead atoms. The van der Waals surface area contributed by atoms with E-state index in [-0.39, 0.29) is 17.3 Å². The third kappa shape index (κ3) is 3.51. The molecule has 25 heavy (non-hydrogen) atoms. The molecule has 124 valence electrons. The smallest absolute Gasteiger partial charge is 0.222 e. The predicted octanol–water partition coefficient (Wildman–Crippen LogP) is 3.07. The Labute approximate surface area is 145 Å². The SMILES string of the molecule is Cc1cccc(COc2ccccc2-c2nc(N)nc(N)c2C#N)c1. The number of nitrogens with zero attached hydrogens (tertiary/aromatic N) is 3. The number of ether oxygens (including phenoxy) is 1. The summed E-state index contributed by atoms with van der Waals surface area (Å²) in [5.74, 6) is 0.663. The highest BCUT2D eigenvalue weighted by atomic mass is 16.5. The Morgan fingerprint density at radius 1 is 1.08 bits per heavy atom. The summed E-state index contributed by atoms with van der Waals surface area (Å²) in [5, 5.41) is 9.39. The second kappa shape index (κ2) is 6.89. The molecular formula is C19H17N5O. The fourth-order valence-corrected chi connectivity index (χ4v) is 2.55. The van der Waals surface area contributed by atoms with Crippen LogP contribution in [0.5, 0.6) is 5.75 Å². The summed E-state index contributed by atoms with van der Waals surface area (Å²) >= 11 is 0. The highest BCUT2D eigenvalue weighted by molar-refractivity contribution is 5.77. The Morgan fingerprint density at radius 2 is 1.88 bits per heavy atom. The first-order valence-electron chi connectivity index (χ1n) is 7.69. The summed E-state index contributed by atoms with van der Waals surface area (Å²) in [6, 6.07) is 17.4. The van der Waals surface area contributed by atoms with Crippen LogP contribution in [0, 0.1) is 18.3 Å². The molecule has 0 radical (unpaired) electrons. The minimum absolute atomic E-state index is 0.0139. The van der Waals surface area contributed by atoms with Gasteiger partial charge in [-0.15, -0.1) is 0 Å². The first kappa shape index (κ1) is 16.3. The third-order valence-corrected chi connectivity index (χ3v) is 3.69. The first-order valence-corrected chi connectivity index (χ1v) is 7.69. The van der Waals surface area contributed by atoms with E-state index in [9.17, 15) is 5.26 Å². The van der Waals surface area contributed by atoms with Crippen molar-refractivity contribution in [3.63, 3.8) is 0 Å². The van der Waals surface area contributed by atoms with Gasteiger partial charge in [0.15, 0.2) is 0 Å². The normalized spacial score (nSPS) is 10.2. The van der Waals surface area contributed by atoms with Gasteiger partial charge in [-0.2, -0.15) is 10.2 Å². The molecule has 0 aliphatic heterocycles. The van der Waals surface area contributed by atoms with Gasteiger partial charge >= 0.3 is 0 Å². The molecule has 0 saturated carbocycles. The average molecular weight is 331 g/mol. The summed E-state index contributed by atoms with van der Waals surface area (Å²) in [7, 11) is 0. The highest BCUT2D eigenvalue weighted by Gasteiger charge is 2.16. The van der Waals surface area contributed by atoms with E-state index in [0.29, 0.717) is 23.6 Å². The number of rotatable bonds is 4. The van der Waals surface area contributed by atoms with E-state index in [0.717, 1.165) is 11.1 Å². The van der Waals surface area contributed by atoms with E-state index >= 15 is 0 Å². The molecule has 0 atom stereocenters. The predicted molar refractivity (Wildman–Crippen MR) is 96.5 cm³/mol. The largest absolute Gasteiger partial charge is 0.488 e. The van der Waals surface area contributed by atoms with E-state index in [1.165, 1.54) is 0 Å². The molecule has 6 nitrogen and oxygen atoms in total. The lowest BCUT2D eigenvalue weighted by molar-refractivity contribution is 0.307. The maximum absolute atomic E-state index is 9.39. The van der Waals surface area contributed by atoms with Crippen molar-refractivity contribution in [3.05, 3.63) is 65.2 Å². The van der Waals surface area contributed by atoms with Gasteiger partial charge in [0.25, 0.3) is 0 Å². The van der Waals surface area contributed by atoms with E-state index < -0.39 is 0 Å². The van der Waals surface area contributed by atoms with Crippen molar-refractivity contribution in [2.75, 3.05) is 11.5 Å². The van der Waals surface area contributed by atoms with Crippen LogP contribution in [0.4, 0.5) is 11.8 Å². The van der Waals surface area contributed by atoms with E-state index in [1.807, 2.05) is 55.5 Å². The minimum Gasteiger partial charge on any atom is -0.488 e. The molecule has 0 amide bonds. The molecule has 0 aliphatic rings. The van der Waals surface area contributed by atoms with Crippen LogP contribution in [-0.4, -0.2) is 9.97 Å². The van der Waals surface area contributed by atoms with Crippen molar-refractivity contribution < 1.29 is 4.74 Å². The van der Waals surface area contributed by atoms with Crippen molar-refractivity contribution in [2.45, 2.75) is 13.5 Å². The second-order valence-electron chi connectivity index (χ2n) is 5.58. The Hall–Kier alpha value is -3.59. The van der Waals surface area contributed by atoms with Crippen LogP contribution in [-0.2, 0) is 6.61 Å². The molecule has 0 unspecified atom stereocenters. The summed E-state index contributed by atoms with van der Waals surface area (Å²) < 4.78 is 5.96. The van der Waals surface area contributed by atoms with Crippen LogP contribution in [0.15, 0.2) is 48.5 Å². The second-order valence-corrected chi connectivity index (χ2v) is 5.58. The molecule has 0 spiro atoms. The topological polar surface area (TPSA) is 111 Å². The monoisotopic (exact) mass is 331 g/mol. The molecule has 0 fully saturated rings. The van der Waals surface area contributed by atoms with Crippen molar-refractivity contribution in [2.24, 2.45) is 0 Å². The fraction of sp³-hybridized carbons (Fsp3) is 0.105. The van der Waals surface area contributed by atoms with E-state index in [4.69, 9.17) is 16.2 Å². The van der Waals surface area contributed by atoms with Gasteiger partial charge in [0, 0.05) is 5.56 Å². The summed E-state index contributed by atoms with van der Waals surface area (Å²) in [4.78, 5) is 8.03. The van der Waals surface area contributed by atoms with E-state index in [1.54, 1.807) is 0 Å². The van der Waals surface area contributed by atoms with Gasteiger partial charge in [0.1, 0.15) is 29.8 Å². The number of nitrogen functional groups attached to an aromatic ring is 2. The zero-order valence-electron chi connectivity index (χ0n) is 13.7. The number of hydrogen-bond donors (Lipinski definition) is 2. The number of nitrogens with two attached hydrogens (primary N) is 2. The van der Waals surface area contributed by atoms with Crippen molar-refractivity contribution in [1.82, 2.24) is 9.97 Å². The lowest BCUT2D eigenvalue weighted by atomic mass is 10.1. The Morgan fingerprint density at radius 3 is 2.64 bits per heavy atom. The molecule has 3 rings (SSSR count). The Kier molecular flexibility index (Phi) is 4.48. The summed E-state index contributed by atoms with van der Waals surface area (Å²) in [6.07, 6.45) is 0. The Balaban J connectivity index is 1.99. The zero-order valence-corrected chi connectivity index (χ0v) is 13.7. The van der Waals surface area contributed by atoms with Gasteiger partial charge in [-0.05, 0) is 24.6 Å². The first-order chi connectivity index (χ1) is 12.1. The molecule has 6 heteroatoms. The quantitative estimate of drug-likeness (QED) is 0.760. The van der Waals surface area contributed by atoms with Crippen LogP contribution in [0.1, 0.15) is 16.7 Å². The molecule has 1 aromatic heterocycles. The van der Waals surface area contributed by atoms with Gasteiger partial charge in [-0.3, -0.25) is 0 Å². The third-order valence-electron chi connectivity index (χ3n) is 3.69. The van der Waals surface area contributed by atoms with Gasteiger partial charge in [0.05, 0.1) is 5.69 Å². The molecule has 4 N–H and O–H groups in total. The van der Waals surface area contributed by atoms with Crippen LogP contribution >= 0.6 is 0 Å². The van der Waals surface area contributed by atoms with Crippen LogP contribution in [0.25, 0.3) is 11.3 Å². The molecule has 0 aliphatic carbocycles. The summed E-state index contributed by atoms with van der Waals surface area (Å²) in [6.45, 7) is 2.43. The van der Waals surface area contributed by atoms with Crippen molar-refractivity contribution >= 4 is 11.8 Å². The maximum atomic E-state index is 9.39. The lowest BCUT2D eigenvalue weighted by Crippen LogP contribution is -2.06. The Bertz CT molecular complexity index is 962. The standard InChI is InChI=1S/C19H17N5O/c1-12-5-4-6-13(9-12)11-25-16-8-3-2-7-14(16)17-15(10-20)18(21)24-19(22)23-17/h2-9H,11H2,1H3,(H4,21,22,23,24). The molecule has 0 saturated heterocycles. The minimum atomic E-state index is 0.0139. The van der Waals surface area contributed by atoms with Crippen molar-refractivity contribution in [1.29, 1.82) is 5.26 Å². The molecule has 1 heterocycles. The zero-order chi connectivity index (χ0) is 17.8. The van der Waals surface area contributed by atoms with Gasteiger partial charge in [-0.1, -0.05) is 42.0 Å². The van der Waals surface area contributed by atoms with Crippen LogP contribution < -0.4 is 16.2 Å².